The van der Waals surface area contributed by atoms with E-state index in [0.717, 1.165) is 19.7 Å². The Balaban J connectivity index is 2.08. The van der Waals surface area contributed by atoms with Gasteiger partial charge in [-0.15, -0.1) is 0 Å². The van der Waals surface area contributed by atoms with Gasteiger partial charge in [0.2, 0.25) is 0 Å². The van der Waals surface area contributed by atoms with Gasteiger partial charge in [-0.05, 0) is 39.4 Å². The maximum atomic E-state index is 5.66. The lowest BCUT2D eigenvalue weighted by atomic mass is 10.1. The van der Waals surface area contributed by atoms with E-state index >= 15 is 0 Å². The van der Waals surface area contributed by atoms with Gasteiger partial charge in [-0.2, -0.15) is 11.8 Å². The summed E-state index contributed by atoms with van der Waals surface area (Å²) < 4.78 is 6.00. The van der Waals surface area contributed by atoms with Gasteiger partial charge < -0.3 is 10.1 Å². The highest BCUT2D eigenvalue weighted by atomic mass is 32.2. The minimum Gasteiger partial charge on any atom is -0.377 e. The molecule has 14 heavy (non-hydrogen) atoms. The van der Waals surface area contributed by atoms with Crippen LogP contribution in [0.2, 0.25) is 0 Å². The molecule has 1 saturated heterocycles. The number of hydrogen-bond donors (Lipinski definition) is 1. The normalized spacial score (nSPS) is 23.8. The average Bonchev–Trinajstić information content (AvgIpc) is 2.19. The van der Waals surface area contributed by atoms with Crippen molar-refractivity contribution in [1.82, 2.24) is 5.32 Å². The van der Waals surface area contributed by atoms with Crippen LogP contribution in [0.1, 0.15) is 33.1 Å². The molecule has 0 aromatic rings. The molecule has 1 atom stereocenters. The molecule has 2 nitrogen and oxygen atoms in total. The molecule has 1 aliphatic heterocycles. The van der Waals surface area contributed by atoms with Crippen molar-refractivity contribution in [3.8, 4) is 0 Å². The third kappa shape index (κ3) is 4.67. The van der Waals surface area contributed by atoms with E-state index < -0.39 is 0 Å². The van der Waals surface area contributed by atoms with Crippen molar-refractivity contribution in [2.75, 3.05) is 26.0 Å². The van der Waals surface area contributed by atoms with E-state index in [1.54, 1.807) is 0 Å². The SMILES string of the molecule is CSC(C)(C)CNCC1CCCCO1. The standard InChI is InChI=1S/C11H23NOS/c1-11(2,14-3)9-12-8-10-6-4-5-7-13-10/h10,12H,4-9H2,1-3H3. The van der Waals surface area contributed by atoms with E-state index in [2.05, 4.69) is 25.4 Å². The lowest BCUT2D eigenvalue weighted by Crippen LogP contribution is -2.38. The first-order valence-corrected chi connectivity index (χ1v) is 6.74. The van der Waals surface area contributed by atoms with Gasteiger partial charge in [-0.25, -0.2) is 0 Å². The fourth-order valence-corrected chi connectivity index (χ4v) is 1.82. The lowest BCUT2D eigenvalue weighted by Gasteiger charge is -2.26. The lowest BCUT2D eigenvalue weighted by molar-refractivity contribution is 0.0169. The first-order chi connectivity index (χ1) is 6.64. The molecule has 1 fully saturated rings. The van der Waals surface area contributed by atoms with Crippen molar-refractivity contribution < 1.29 is 4.74 Å². The van der Waals surface area contributed by atoms with Crippen LogP contribution in [-0.4, -0.2) is 36.8 Å². The van der Waals surface area contributed by atoms with Crippen LogP contribution in [0.25, 0.3) is 0 Å². The molecule has 0 saturated carbocycles. The summed E-state index contributed by atoms with van der Waals surface area (Å²) in [6.45, 7) is 7.58. The molecule has 1 aliphatic rings. The second kappa shape index (κ2) is 5.99. The Morgan fingerprint density at radius 3 is 2.79 bits per heavy atom. The number of nitrogens with one attached hydrogen (secondary N) is 1. The molecule has 3 heteroatoms. The zero-order valence-electron chi connectivity index (χ0n) is 9.64. The Morgan fingerprint density at radius 1 is 1.43 bits per heavy atom. The highest BCUT2D eigenvalue weighted by Gasteiger charge is 2.17. The summed E-state index contributed by atoms with van der Waals surface area (Å²) in [5.74, 6) is 0. The van der Waals surface area contributed by atoms with E-state index in [0.29, 0.717) is 10.9 Å². The highest BCUT2D eigenvalue weighted by Crippen LogP contribution is 2.19. The molecule has 0 spiro atoms. The quantitative estimate of drug-likeness (QED) is 0.763. The van der Waals surface area contributed by atoms with Crippen LogP contribution in [0.5, 0.6) is 0 Å². The van der Waals surface area contributed by atoms with E-state index in [1.807, 2.05) is 11.8 Å². The van der Waals surface area contributed by atoms with E-state index in [-0.39, 0.29) is 0 Å². The zero-order chi connectivity index (χ0) is 10.4. The van der Waals surface area contributed by atoms with Crippen LogP contribution in [-0.2, 0) is 4.74 Å². The Hall–Kier alpha value is 0.270. The van der Waals surface area contributed by atoms with Crippen LogP contribution in [0.4, 0.5) is 0 Å². The summed E-state index contributed by atoms with van der Waals surface area (Å²) in [5, 5.41) is 3.50. The van der Waals surface area contributed by atoms with Gasteiger partial charge in [0.1, 0.15) is 0 Å². The van der Waals surface area contributed by atoms with Crippen LogP contribution in [0.15, 0.2) is 0 Å². The maximum absolute atomic E-state index is 5.66. The molecule has 1 heterocycles. The Labute approximate surface area is 92.2 Å². The molecule has 1 N–H and O–H groups in total. The summed E-state index contributed by atoms with van der Waals surface area (Å²) in [6, 6.07) is 0. The topological polar surface area (TPSA) is 21.3 Å². The minimum absolute atomic E-state index is 0.342. The van der Waals surface area contributed by atoms with Crippen molar-refractivity contribution in [3.63, 3.8) is 0 Å². The minimum atomic E-state index is 0.342. The third-order valence-corrected chi connectivity index (χ3v) is 4.00. The maximum Gasteiger partial charge on any atom is 0.0699 e. The van der Waals surface area contributed by atoms with Crippen LogP contribution >= 0.6 is 11.8 Å². The van der Waals surface area contributed by atoms with E-state index in [1.165, 1.54) is 19.3 Å². The van der Waals surface area contributed by atoms with Crippen LogP contribution < -0.4 is 5.32 Å². The van der Waals surface area contributed by atoms with Gasteiger partial charge in [0.05, 0.1) is 6.10 Å². The predicted molar refractivity (Wildman–Crippen MR) is 64.1 cm³/mol. The molecule has 0 aromatic carbocycles. The fraction of sp³-hybridized carbons (Fsp3) is 1.00. The predicted octanol–water partition coefficient (Wildman–Crippen LogP) is 2.29. The molecule has 1 rings (SSSR count). The van der Waals surface area contributed by atoms with Crippen molar-refractivity contribution in [1.29, 1.82) is 0 Å². The van der Waals surface area contributed by atoms with Gasteiger partial charge in [-0.3, -0.25) is 0 Å². The third-order valence-electron chi connectivity index (χ3n) is 2.75. The van der Waals surface area contributed by atoms with Gasteiger partial charge >= 0.3 is 0 Å². The molecule has 0 bridgehead atoms. The molecular weight excluding hydrogens is 194 g/mol. The van der Waals surface area contributed by atoms with Crippen molar-refractivity contribution in [3.05, 3.63) is 0 Å². The summed E-state index contributed by atoms with van der Waals surface area (Å²) in [5.41, 5.74) is 0. The summed E-state index contributed by atoms with van der Waals surface area (Å²) in [7, 11) is 0. The second-order valence-corrected chi connectivity index (χ2v) is 6.10. The summed E-state index contributed by atoms with van der Waals surface area (Å²) in [4.78, 5) is 0. The Kier molecular flexibility index (Phi) is 5.28. The summed E-state index contributed by atoms with van der Waals surface area (Å²) >= 11 is 1.91. The molecule has 1 unspecified atom stereocenters. The van der Waals surface area contributed by atoms with Gasteiger partial charge in [0.15, 0.2) is 0 Å². The average molecular weight is 217 g/mol. The van der Waals surface area contributed by atoms with Crippen molar-refractivity contribution in [2.45, 2.75) is 44.0 Å². The first-order valence-electron chi connectivity index (χ1n) is 5.51. The van der Waals surface area contributed by atoms with Gasteiger partial charge in [-0.1, -0.05) is 0 Å². The van der Waals surface area contributed by atoms with Crippen molar-refractivity contribution in [2.24, 2.45) is 0 Å². The molecule has 0 aromatic heterocycles. The zero-order valence-corrected chi connectivity index (χ0v) is 10.5. The number of ether oxygens (including phenoxy) is 1. The Bertz CT molecular complexity index is 155. The number of hydrogen-bond acceptors (Lipinski definition) is 3. The monoisotopic (exact) mass is 217 g/mol. The van der Waals surface area contributed by atoms with Gasteiger partial charge in [0.25, 0.3) is 0 Å². The first kappa shape index (κ1) is 12.3. The van der Waals surface area contributed by atoms with Crippen LogP contribution in [0, 0.1) is 0 Å². The smallest absolute Gasteiger partial charge is 0.0699 e. The molecule has 0 amide bonds. The molecular formula is C11H23NOS. The Morgan fingerprint density at radius 2 is 2.21 bits per heavy atom. The van der Waals surface area contributed by atoms with Crippen molar-refractivity contribution >= 4 is 11.8 Å². The molecule has 0 radical (unpaired) electrons. The molecule has 0 aliphatic carbocycles. The largest absolute Gasteiger partial charge is 0.377 e. The second-order valence-electron chi connectivity index (χ2n) is 4.58. The number of rotatable bonds is 5. The highest BCUT2D eigenvalue weighted by molar-refractivity contribution is 7.99. The van der Waals surface area contributed by atoms with Gasteiger partial charge in [0, 0.05) is 24.4 Å². The van der Waals surface area contributed by atoms with E-state index in [4.69, 9.17) is 4.74 Å². The fourth-order valence-electron chi connectivity index (χ4n) is 1.57. The van der Waals surface area contributed by atoms with Crippen LogP contribution in [0.3, 0.4) is 0 Å². The van der Waals surface area contributed by atoms with E-state index in [9.17, 15) is 0 Å². The summed E-state index contributed by atoms with van der Waals surface area (Å²) in [6.07, 6.45) is 6.43. The molecule has 84 valence electrons. The number of thioether (sulfide) groups is 1.